The SMILES string of the molecule is C#CCC(CC)Nc1cnn(C)c(=O)c1Br. The van der Waals surface area contributed by atoms with E-state index in [2.05, 4.69) is 32.3 Å². The second-order valence-corrected chi connectivity index (χ2v) is 4.25. The molecule has 0 amide bonds. The van der Waals surface area contributed by atoms with E-state index in [9.17, 15) is 4.79 Å². The molecule has 0 aliphatic heterocycles. The minimum absolute atomic E-state index is 0.162. The Morgan fingerprint density at radius 1 is 1.75 bits per heavy atom. The molecule has 0 radical (unpaired) electrons. The van der Waals surface area contributed by atoms with E-state index in [0.717, 1.165) is 6.42 Å². The maximum absolute atomic E-state index is 11.6. The Balaban J connectivity index is 2.94. The molecule has 0 aromatic carbocycles. The minimum atomic E-state index is -0.166. The summed E-state index contributed by atoms with van der Waals surface area (Å²) in [6, 6.07) is 0.162. The van der Waals surface area contributed by atoms with E-state index in [4.69, 9.17) is 6.42 Å². The summed E-state index contributed by atoms with van der Waals surface area (Å²) >= 11 is 3.25. The zero-order chi connectivity index (χ0) is 12.1. The Morgan fingerprint density at radius 2 is 2.44 bits per heavy atom. The molecule has 0 aliphatic rings. The lowest BCUT2D eigenvalue weighted by molar-refractivity contribution is 0.687. The number of aromatic nitrogens is 2. The highest BCUT2D eigenvalue weighted by molar-refractivity contribution is 9.10. The molecule has 1 aromatic rings. The van der Waals surface area contributed by atoms with Gasteiger partial charge in [-0.05, 0) is 22.4 Å². The Kier molecular flexibility index (Phi) is 4.56. The number of nitrogens with one attached hydrogen (secondary N) is 1. The van der Waals surface area contributed by atoms with Crippen molar-refractivity contribution in [3.63, 3.8) is 0 Å². The monoisotopic (exact) mass is 283 g/mol. The molecule has 86 valence electrons. The first kappa shape index (κ1) is 12.8. The summed E-state index contributed by atoms with van der Waals surface area (Å²) in [5, 5.41) is 7.15. The fourth-order valence-corrected chi connectivity index (χ4v) is 1.74. The molecule has 4 nitrogen and oxygen atoms in total. The normalized spacial score (nSPS) is 11.9. The Morgan fingerprint density at radius 3 is 3.00 bits per heavy atom. The highest BCUT2D eigenvalue weighted by Crippen LogP contribution is 2.18. The van der Waals surface area contributed by atoms with Crippen molar-refractivity contribution in [3.8, 4) is 12.3 Å². The lowest BCUT2D eigenvalue weighted by atomic mass is 10.1. The van der Waals surface area contributed by atoms with E-state index < -0.39 is 0 Å². The topological polar surface area (TPSA) is 46.9 Å². The van der Waals surface area contributed by atoms with Crippen LogP contribution >= 0.6 is 15.9 Å². The molecule has 1 atom stereocenters. The summed E-state index contributed by atoms with van der Waals surface area (Å²) in [5.41, 5.74) is 0.519. The third-order valence-corrected chi connectivity index (χ3v) is 3.06. The summed E-state index contributed by atoms with van der Waals surface area (Å²) < 4.78 is 1.76. The molecular weight excluding hydrogens is 270 g/mol. The third kappa shape index (κ3) is 2.86. The van der Waals surface area contributed by atoms with Gasteiger partial charge in [-0.2, -0.15) is 5.10 Å². The van der Waals surface area contributed by atoms with Crippen LogP contribution in [-0.2, 0) is 7.05 Å². The molecule has 1 heterocycles. The molecule has 0 aliphatic carbocycles. The van der Waals surface area contributed by atoms with E-state index in [-0.39, 0.29) is 11.6 Å². The number of terminal acetylenes is 1. The van der Waals surface area contributed by atoms with Gasteiger partial charge in [0.25, 0.3) is 5.56 Å². The Labute approximate surface area is 103 Å². The summed E-state index contributed by atoms with van der Waals surface area (Å²) in [5.74, 6) is 2.60. The number of anilines is 1. The van der Waals surface area contributed by atoms with Crippen LogP contribution in [0, 0.1) is 12.3 Å². The van der Waals surface area contributed by atoms with Gasteiger partial charge in [-0.3, -0.25) is 4.79 Å². The van der Waals surface area contributed by atoms with Crippen molar-refractivity contribution in [1.82, 2.24) is 9.78 Å². The van der Waals surface area contributed by atoms with Gasteiger partial charge in [0, 0.05) is 19.5 Å². The van der Waals surface area contributed by atoms with Crippen molar-refractivity contribution in [2.75, 3.05) is 5.32 Å². The first-order chi connectivity index (χ1) is 7.60. The predicted molar refractivity (Wildman–Crippen MR) is 68.3 cm³/mol. The van der Waals surface area contributed by atoms with Gasteiger partial charge in [0.15, 0.2) is 0 Å². The average molecular weight is 284 g/mol. The van der Waals surface area contributed by atoms with E-state index >= 15 is 0 Å². The number of aryl methyl sites for hydroxylation is 1. The van der Waals surface area contributed by atoms with Crippen LogP contribution in [0.1, 0.15) is 19.8 Å². The van der Waals surface area contributed by atoms with Gasteiger partial charge in [-0.15, -0.1) is 12.3 Å². The molecule has 16 heavy (non-hydrogen) atoms. The Bertz CT molecular complexity index is 461. The fraction of sp³-hybridized carbons (Fsp3) is 0.455. The van der Waals surface area contributed by atoms with Crippen molar-refractivity contribution < 1.29 is 0 Å². The number of halogens is 1. The molecule has 5 heteroatoms. The maximum Gasteiger partial charge on any atom is 0.282 e. The van der Waals surface area contributed by atoms with E-state index in [1.54, 1.807) is 13.2 Å². The molecular formula is C11H14BrN3O. The van der Waals surface area contributed by atoms with Crippen molar-refractivity contribution in [3.05, 3.63) is 21.0 Å². The van der Waals surface area contributed by atoms with Gasteiger partial charge < -0.3 is 5.32 Å². The zero-order valence-corrected chi connectivity index (χ0v) is 10.9. The van der Waals surface area contributed by atoms with Crippen molar-refractivity contribution in [1.29, 1.82) is 0 Å². The molecule has 1 rings (SSSR count). The first-order valence-corrected chi connectivity index (χ1v) is 5.81. The van der Waals surface area contributed by atoms with Crippen LogP contribution in [0.3, 0.4) is 0 Å². The number of hydrogen-bond acceptors (Lipinski definition) is 3. The van der Waals surface area contributed by atoms with E-state index in [0.29, 0.717) is 16.6 Å². The van der Waals surface area contributed by atoms with Crippen molar-refractivity contribution in [2.45, 2.75) is 25.8 Å². The minimum Gasteiger partial charge on any atom is -0.379 e. The highest BCUT2D eigenvalue weighted by atomic mass is 79.9. The summed E-state index contributed by atoms with van der Waals surface area (Å²) in [4.78, 5) is 11.6. The molecule has 0 saturated heterocycles. The summed E-state index contributed by atoms with van der Waals surface area (Å²) in [7, 11) is 1.61. The van der Waals surface area contributed by atoms with Gasteiger partial charge in [-0.25, -0.2) is 4.68 Å². The molecule has 0 fully saturated rings. The van der Waals surface area contributed by atoms with Crippen LogP contribution in [0.5, 0.6) is 0 Å². The van der Waals surface area contributed by atoms with Gasteiger partial charge in [-0.1, -0.05) is 6.92 Å². The first-order valence-electron chi connectivity index (χ1n) is 5.02. The van der Waals surface area contributed by atoms with Gasteiger partial charge in [0.2, 0.25) is 0 Å². The van der Waals surface area contributed by atoms with E-state index in [1.807, 2.05) is 6.92 Å². The zero-order valence-electron chi connectivity index (χ0n) is 9.33. The second kappa shape index (κ2) is 5.71. The quantitative estimate of drug-likeness (QED) is 0.857. The summed E-state index contributed by atoms with van der Waals surface area (Å²) in [6.07, 6.45) is 8.40. The smallest absolute Gasteiger partial charge is 0.282 e. The third-order valence-electron chi connectivity index (χ3n) is 2.29. The maximum atomic E-state index is 11.6. The average Bonchev–Trinajstić information content (AvgIpc) is 2.29. The molecule has 0 spiro atoms. The Hall–Kier alpha value is -1.28. The molecule has 1 unspecified atom stereocenters. The standard InChI is InChI=1S/C11H14BrN3O/c1-4-6-8(5-2)14-9-7-13-15(3)11(16)10(9)12/h1,7-8,14H,5-6H2,2-3H3. The highest BCUT2D eigenvalue weighted by Gasteiger charge is 2.10. The van der Waals surface area contributed by atoms with Crippen molar-refractivity contribution in [2.24, 2.45) is 7.05 Å². The van der Waals surface area contributed by atoms with Crippen LogP contribution < -0.4 is 10.9 Å². The lowest BCUT2D eigenvalue weighted by Gasteiger charge is -2.16. The molecule has 0 bridgehead atoms. The van der Waals surface area contributed by atoms with Crippen LogP contribution in [0.25, 0.3) is 0 Å². The number of rotatable bonds is 4. The van der Waals surface area contributed by atoms with Gasteiger partial charge in [0.05, 0.1) is 11.9 Å². The molecule has 0 saturated carbocycles. The van der Waals surface area contributed by atoms with Crippen LogP contribution in [0.4, 0.5) is 5.69 Å². The van der Waals surface area contributed by atoms with Crippen molar-refractivity contribution >= 4 is 21.6 Å². The fourth-order valence-electron chi connectivity index (χ4n) is 1.27. The van der Waals surface area contributed by atoms with Gasteiger partial charge in [0.1, 0.15) is 4.47 Å². The lowest BCUT2D eigenvalue weighted by Crippen LogP contribution is -2.24. The number of nitrogens with zero attached hydrogens (tertiary/aromatic N) is 2. The second-order valence-electron chi connectivity index (χ2n) is 3.46. The van der Waals surface area contributed by atoms with Gasteiger partial charge >= 0.3 is 0 Å². The van der Waals surface area contributed by atoms with Crippen LogP contribution in [0.2, 0.25) is 0 Å². The molecule has 1 N–H and O–H groups in total. The summed E-state index contributed by atoms with van der Waals surface area (Å²) in [6.45, 7) is 2.04. The number of hydrogen-bond donors (Lipinski definition) is 1. The van der Waals surface area contributed by atoms with Crippen LogP contribution in [0.15, 0.2) is 15.5 Å². The predicted octanol–water partition coefficient (Wildman–Crippen LogP) is 1.76. The molecule has 1 aromatic heterocycles. The largest absolute Gasteiger partial charge is 0.379 e. The van der Waals surface area contributed by atoms with Crippen LogP contribution in [-0.4, -0.2) is 15.8 Å². The van der Waals surface area contributed by atoms with E-state index in [1.165, 1.54) is 4.68 Å².